The predicted octanol–water partition coefficient (Wildman–Crippen LogP) is -0.300. The van der Waals surface area contributed by atoms with Gasteiger partial charge < -0.3 is 10.6 Å². The van der Waals surface area contributed by atoms with Gasteiger partial charge in [0, 0.05) is 18.8 Å². The molecule has 0 aliphatic heterocycles. The van der Waals surface area contributed by atoms with E-state index in [0.717, 1.165) is 6.42 Å². The summed E-state index contributed by atoms with van der Waals surface area (Å²) in [5.41, 5.74) is 5.40. The highest BCUT2D eigenvalue weighted by atomic mass is 32.2. The fourth-order valence-electron chi connectivity index (χ4n) is 0.992. The molecule has 0 saturated heterocycles. The molecule has 80 valence electrons. The minimum atomic E-state index is -2.84. The maximum Gasteiger partial charge on any atom is 0.148 e. The minimum absolute atomic E-state index is 0.221. The van der Waals surface area contributed by atoms with E-state index in [4.69, 9.17) is 5.73 Å². The first-order chi connectivity index (χ1) is 5.87. The molecule has 0 amide bonds. The van der Waals surface area contributed by atoms with Gasteiger partial charge in [-0.25, -0.2) is 8.42 Å². The summed E-state index contributed by atoms with van der Waals surface area (Å²) in [4.78, 5) is 2.02. The zero-order chi connectivity index (χ0) is 10.5. The van der Waals surface area contributed by atoms with Gasteiger partial charge in [-0.2, -0.15) is 0 Å². The van der Waals surface area contributed by atoms with Crippen LogP contribution in [0.2, 0.25) is 0 Å². The van der Waals surface area contributed by atoms with E-state index in [2.05, 4.69) is 6.92 Å². The number of nitrogens with two attached hydrogens (primary N) is 1. The number of nitrogens with zero attached hydrogens (tertiary/aromatic N) is 1. The lowest BCUT2D eigenvalue weighted by atomic mass is 10.2. The van der Waals surface area contributed by atoms with Crippen LogP contribution in [-0.2, 0) is 9.84 Å². The quantitative estimate of drug-likeness (QED) is 0.651. The molecule has 13 heavy (non-hydrogen) atoms. The Kier molecular flexibility index (Phi) is 5.51. The third kappa shape index (κ3) is 6.98. The van der Waals surface area contributed by atoms with Crippen LogP contribution in [0.25, 0.3) is 0 Å². The van der Waals surface area contributed by atoms with Crippen LogP contribution in [0.15, 0.2) is 0 Å². The maximum atomic E-state index is 10.9. The van der Waals surface area contributed by atoms with Crippen LogP contribution in [0.5, 0.6) is 0 Å². The zero-order valence-corrected chi connectivity index (χ0v) is 9.47. The number of sulfone groups is 1. The number of hydrogen-bond acceptors (Lipinski definition) is 4. The molecule has 0 heterocycles. The first-order valence-corrected chi connectivity index (χ1v) is 6.51. The highest BCUT2D eigenvalue weighted by Gasteiger charge is 2.10. The van der Waals surface area contributed by atoms with Crippen molar-refractivity contribution < 1.29 is 8.42 Å². The van der Waals surface area contributed by atoms with Gasteiger partial charge >= 0.3 is 0 Å². The van der Waals surface area contributed by atoms with E-state index in [1.54, 1.807) is 0 Å². The molecule has 1 atom stereocenters. The molecule has 0 bridgehead atoms. The molecule has 0 fully saturated rings. The van der Waals surface area contributed by atoms with Crippen LogP contribution in [0.4, 0.5) is 0 Å². The van der Waals surface area contributed by atoms with Crippen LogP contribution in [-0.4, -0.2) is 51.5 Å². The lowest BCUT2D eigenvalue weighted by Crippen LogP contribution is -2.34. The predicted molar refractivity (Wildman–Crippen MR) is 55.5 cm³/mol. The van der Waals surface area contributed by atoms with Crippen molar-refractivity contribution in [1.29, 1.82) is 0 Å². The van der Waals surface area contributed by atoms with Gasteiger partial charge in [0.05, 0.1) is 5.75 Å². The highest BCUT2D eigenvalue weighted by Crippen LogP contribution is 1.99. The van der Waals surface area contributed by atoms with Gasteiger partial charge in [0.1, 0.15) is 9.84 Å². The Balaban J connectivity index is 3.80. The Morgan fingerprint density at radius 2 is 2.00 bits per heavy atom. The number of rotatable bonds is 6. The first kappa shape index (κ1) is 12.9. The monoisotopic (exact) mass is 208 g/mol. The van der Waals surface area contributed by atoms with Crippen LogP contribution in [0.1, 0.15) is 13.3 Å². The first-order valence-electron chi connectivity index (χ1n) is 4.45. The van der Waals surface area contributed by atoms with Crippen molar-refractivity contribution in [2.45, 2.75) is 19.4 Å². The lowest BCUT2D eigenvalue weighted by molar-refractivity contribution is 0.262. The summed E-state index contributed by atoms with van der Waals surface area (Å²) in [5, 5.41) is 0. The molecule has 0 aliphatic carbocycles. The summed E-state index contributed by atoms with van der Waals surface area (Å²) in [5.74, 6) is 0.221. The molecule has 0 saturated carbocycles. The fraction of sp³-hybridized carbons (Fsp3) is 1.00. The SMILES string of the molecule is CC(CCN)N(C)CCS(C)(=O)=O. The van der Waals surface area contributed by atoms with E-state index < -0.39 is 9.84 Å². The summed E-state index contributed by atoms with van der Waals surface area (Å²) in [6, 6.07) is 0.353. The molecule has 0 aromatic rings. The Labute approximate surface area is 81.0 Å². The Bertz CT molecular complexity index is 226. The summed E-state index contributed by atoms with van der Waals surface area (Å²) >= 11 is 0. The summed E-state index contributed by atoms with van der Waals surface area (Å²) in [7, 11) is -0.918. The van der Waals surface area contributed by atoms with Gasteiger partial charge in [0.2, 0.25) is 0 Å². The molecule has 4 nitrogen and oxygen atoms in total. The van der Waals surface area contributed by atoms with E-state index >= 15 is 0 Å². The van der Waals surface area contributed by atoms with Crippen molar-refractivity contribution in [3.8, 4) is 0 Å². The van der Waals surface area contributed by atoms with Crippen molar-refractivity contribution in [2.75, 3.05) is 32.1 Å². The topological polar surface area (TPSA) is 63.4 Å². The Morgan fingerprint density at radius 1 is 1.46 bits per heavy atom. The molecule has 0 aliphatic rings. The maximum absolute atomic E-state index is 10.9. The van der Waals surface area contributed by atoms with Crippen molar-refractivity contribution in [1.82, 2.24) is 4.90 Å². The average molecular weight is 208 g/mol. The van der Waals surface area contributed by atoms with Gasteiger partial charge in [-0.3, -0.25) is 0 Å². The van der Waals surface area contributed by atoms with Gasteiger partial charge in [-0.1, -0.05) is 0 Å². The second kappa shape index (κ2) is 5.57. The summed E-state index contributed by atoms with van der Waals surface area (Å²) in [6.07, 6.45) is 2.16. The second-order valence-corrected chi connectivity index (χ2v) is 5.80. The Hall–Kier alpha value is -0.130. The van der Waals surface area contributed by atoms with Crippen molar-refractivity contribution in [3.05, 3.63) is 0 Å². The largest absolute Gasteiger partial charge is 0.330 e. The normalized spacial score (nSPS) is 14.8. The molecule has 0 aromatic heterocycles. The van der Waals surface area contributed by atoms with E-state index in [9.17, 15) is 8.42 Å². The molecule has 2 N–H and O–H groups in total. The van der Waals surface area contributed by atoms with E-state index in [0.29, 0.717) is 19.1 Å². The molecule has 0 aromatic carbocycles. The van der Waals surface area contributed by atoms with Crippen LogP contribution >= 0.6 is 0 Å². The third-order valence-electron chi connectivity index (χ3n) is 2.15. The highest BCUT2D eigenvalue weighted by molar-refractivity contribution is 7.90. The van der Waals surface area contributed by atoms with Crippen molar-refractivity contribution in [3.63, 3.8) is 0 Å². The molecule has 0 radical (unpaired) electrons. The van der Waals surface area contributed by atoms with Crippen LogP contribution in [0.3, 0.4) is 0 Å². The van der Waals surface area contributed by atoms with Crippen LogP contribution < -0.4 is 5.73 Å². The lowest BCUT2D eigenvalue weighted by Gasteiger charge is -2.23. The molecule has 0 spiro atoms. The van der Waals surface area contributed by atoms with E-state index in [-0.39, 0.29) is 5.75 Å². The van der Waals surface area contributed by atoms with Crippen LogP contribution in [0, 0.1) is 0 Å². The van der Waals surface area contributed by atoms with E-state index in [1.807, 2.05) is 11.9 Å². The summed E-state index contributed by atoms with van der Waals surface area (Å²) in [6.45, 7) is 3.28. The molecule has 5 heteroatoms. The summed E-state index contributed by atoms with van der Waals surface area (Å²) < 4.78 is 21.7. The molecular weight excluding hydrogens is 188 g/mol. The third-order valence-corrected chi connectivity index (χ3v) is 3.08. The van der Waals surface area contributed by atoms with E-state index in [1.165, 1.54) is 6.26 Å². The zero-order valence-electron chi connectivity index (χ0n) is 8.66. The second-order valence-electron chi connectivity index (χ2n) is 3.54. The average Bonchev–Trinajstić information content (AvgIpc) is 1.99. The van der Waals surface area contributed by atoms with Gasteiger partial charge in [0.15, 0.2) is 0 Å². The number of hydrogen-bond donors (Lipinski definition) is 1. The molecular formula is C8H20N2O2S. The van der Waals surface area contributed by atoms with Gasteiger partial charge in [0.25, 0.3) is 0 Å². The van der Waals surface area contributed by atoms with Crippen molar-refractivity contribution in [2.24, 2.45) is 5.73 Å². The fourth-order valence-corrected chi connectivity index (χ4v) is 1.61. The molecule has 1 unspecified atom stereocenters. The molecule has 0 rings (SSSR count). The van der Waals surface area contributed by atoms with Gasteiger partial charge in [-0.05, 0) is 26.9 Å². The minimum Gasteiger partial charge on any atom is -0.330 e. The smallest absolute Gasteiger partial charge is 0.148 e. The standard InChI is InChI=1S/C8H20N2O2S/c1-8(4-5-9)10(2)6-7-13(3,11)12/h8H,4-7,9H2,1-3H3. The van der Waals surface area contributed by atoms with Crippen molar-refractivity contribution >= 4 is 9.84 Å². The Morgan fingerprint density at radius 3 is 2.38 bits per heavy atom. The van der Waals surface area contributed by atoms with Gasteiger partial charge in [-0.15, -0.1) is 0 Å².